The summed E-state index contributed by atoms with van der Waals surface area (Å²) in [6.45, 7) is 5.51. The van der Waals surface area contributed by atoms with E-state index < -0.39 is 33.5 Å². The van der Waals surface area contributed by atoms with Crippen molar-refractivity contribution in [1.29, 1.82) is 5.41 Å². The number of rotatable bonds is 14. The van der Waals surface area contributed by atoms with Crippen molar-refractivity contribution in [1.82, 2.24) is 14.5 Å². The van der Waals surface area contributed by atoms with Crippen LogP contribution in [0, 0.1) is 5.41 Å². The quantitative estimate of drug-likeness (QED) is 0.0688. The molecule has 0 amide bonds. The van der Waals surface area contributed by atoms with Gasteiger partial charge in [-0.3, -0.25) is 9.71 Å². The number of halogens is 6. The largest absolute Gasteiger partial charge is 0.416 e. The predicted molar refractivity (Wildman–Crippen MR) is 189 cm³/mol. The molecule has 0 saturated carbocycles. The normalized spacial score (nSPS) is 12.5. The Morgan fingerprint density at radius 1 is 0.788 bits per heavy atom. The molecule has 0 atom stereocenters. The molecule has 52 heavy (non-hydrogen) atoms. The number of nitrogen functional groups attached to an aromatic ring is 1. The number of fused-ring (bicyclic) bond motifs is 1. The van der Waals surface area contributed by atoms with E-state index in [1.807, 2.05) is 13.8 Å². The number of aryl methyl sites for hydroxylation is 2. The minimum atomic E-state index is -5.02. The van der Waals surface area contributed by atoms with Crippen molar-refractivity contribution in [3.05, 3.63) is 125 Å². The molecule has 0 spiro atoms. The van der Waals surface area contributed by atoms with Crippen molar-refractivity contribution in [3.63, 3.8) is 0 Å². The number of imidazole rings is 1. The Labute approximate surface area is 298 Å². The van der Waals surface area contributed by atoms with Gasteiger partial charge in [-0.2, -0.15) is 26.3 Å². The number of amidine groups is 1. The SMILES string of the molecule is CCN(CC)CCN(c1ccc2c(c1)nc(CCc1ccc(C(=N)N)cc1)n2Cc1cc(C(F)(F)F)cc(C(F)(F)F)c1)S(=O)(=O)c1ccccc1. The van der Waals surface area contributed by atoms with Gasteiger partial charge >= 0.3 is 12.4 Å². The fraction of sp³-hybridized carbons (Fsp3) is 0.297. The Morgan fingerprint density at radius 2 is 1.40 bits per heavy atom. The van der Waals surface area contributed by atoms with Crippen LogP contribution >= 0.6 is 0 Å². The van der Waals surface area contributed by atoms with Crippen molar-refractivity contribution >= 4 is 32.6 Å². The fourth-order valence-corrected chi connectivity index (χ4v) is 7.44. The minimum absolute atomic E-state index is 0.0849. The molecule has 0 radical (unpaired) electrons. The maximum Gasteiger partial charge on any atom is 0.416 e. The second kappa shape index (κ2) is 15.4. The molecule has 0 bridgehead atoms. The standard InChI is InChI=1S/C37H38F6N6O2S/c1-3-47(4-2)18-19-49(52(50,51)31-8-6-5-7-9-31)30-15-16-33-32(23-30)46-34(17-12-25-10-13-27(14-11-25)35(44)45)48(33)24-26-20-28(36(38,39)40)22-29(21-26)37(41,42)43/h5-11,13-16,20-23H,3-4,12,17-19,24H2,1-2H3,(H3,44,45). The lowest BCUT2D eigenvalue weighted by Gasteiger charge is -2.27. The lowest BCUT2D eigenvalue weighted by Crippen LogP contribution is -2.38. The Hall–Kier alpha value is -4.89. The van der Waals surface area contributed by atoms with Crippen LogP contribution in [0.4, 0.5) is 32.0 Å². The van der Waals surface area contributed by atoms with Crippen LogP contribution in [-0.4, -0.2) is 54.9 Å². The third-order valence-electron chi connectivity index (χ3n) is 8.83. The van der Waals surface area contributed by atoms with Crippen LogP contribution in [0.1, 0.15) is 47.5 Å². The lowest BCUT2D eigenvalue weighted by atomic mass is 10.0. The highest BCUT2D eigenvalue weighted by Gasteiger charge is 2.37. The summed E-state index contributed by atoms with van der Waals surface area (Å²) in [5.41, 5.74) is 4.86. The molecule has 0 aliphatic carbocycles. The molecular weight excluding hydrogens is 707 g/mol. The van der Waals surface area contributed by atoms with Crippen molar-refractivity contribution in [2.75, 3.05) is 30.5 Å². The number of benzene rings is 4. The summed E-state index contributed by atoms with van der Waals surface area (Å²) in [5.74, 6) is 0.262. The number of likely N-dealkylation sites (N-methyl/N-ethyl adjacent to an activating group) is 1. The summed E-state index contributed by atoms with van der Waals surface area (Å²) in [6.07, 6.45) is -9.41. The van der Waals surface area contributed by atoms with Gasteiger partial charge < -0.3 is 15.2 Å². The summed E-state index contributed by atoms with van der Waals surface area (Å²) < 4.78 is 113. The third kappa shape index (κ3) is 8.76. The number of nitrogens with zero attached hydrogens (tertiary/aromatic N) is 4. The van der Waals surface area contributed by atoms with E-state index in [-0.39, 0.29) is 41.9 Å². The molecule has 0 aliphatic rings. The van der Waals surface area contributed by atoms with E-state index >= 15 is 0 Å². The first-order valence-corrected chi connectivity index (χ1v) is 18.0. The van der Waals surface area contributed by atoms with Gasteiger partial charge in [0.1, 0.15) is 11.7 Å². The summed E-state index contributed by atoms with van der Waals surface area (Å²) in [7, 11) is -4.05. The maximum absolute atomic E-state index is 14.0. The molecule has 0 unspecified atom stereocenters. The van der Waals surface area contributed by atoms with Crippen LogP contribution in [0.2, 0.25) is 0 Å². The second-order valence-corrected chi connectivity index (χ2v) is 14.1. The van der Waals surface area contributed by atoms with E-state index in [1.54, 1.807) is 65.2 Å². The fourth-order valence-electron chi connectivity index (χ4n) is 5.97. The first kappa shape index (κ1) is 38.3. The first-order valence-electron chi connectivity index (χ1n) is 16.5. The van der Waals surface area contributed by atoms with Crippen LogP contribution in [0.25, 0.3) is 11.0 Å². The highest BCUT2D eigenvalue weighted by Crippen LogP contribution is 2.37. The van der Waals surface area contributed by atoms with Gasteiger partial charge in [0.2, 0.25) is 0 Å². The smallest absolute Gasteiger partial charge is 0.384 e. The van der Waals surface area contributed by atoms with Gasteiger partial charge in [0.05, 0.1) is 32.7 Å². The number of sulfonamides is 1. The van der Waals surface area contributed by atoms with E-state index in [9.17, 15) is 34.8 Å². The van der Waals surface area contributed by atoms with Crippen LogP contribution in [0.15, 0.2) is 95.9 Å². The number of alkyl halides is 6. The molecule has 5 rings (SSSR count). The summed E-state index contributed by atoms with van der Waals surface area (Å²) in [4.78, 5) is 6.93. The molecule has 1 aromatic heterocycles. The number of nitrogens with one attached hydrogen (secondary N) is 1. The Balaban J connectivity index is 1.62. The lowest BCUT2D eigenvalue weighted by molar-refractivity contribution is -0.143. The zero-order valence-electron chi connectivity index (χ0n) is 28.5. The molecule has 0 saturated heterocycles. The molecule has 4 aromatic carbocycles. The second-order valence-electron chi connectivity index (χ2n) is 12.2. The first-order chi connectivity index (χ1) is 24.5. The Morgan fingerprint density at radius 3 is 1.96 bits per heavy atom. The predicted octanol–water partition coefficient (Wildman–Crippen LogP) is 7.73. The molecule has 8 nitrogen and oxygen atoms in total. The van der Waals surface area contributed by atoms with Crippen molar-refractivity contribution in [2.24, 2.45) is 5.73 Å². The number of nitrogens with two attached hydrogens (primary N) is 1. The highest BCUT2D eigenvalue weighted by atomic mass is 32.2. The average Bonchev–Trinajstić information content (AvgIpc) is 3.44. The van der Waals surface area contributed by atoms with Gasteiger partial charge in [0, 0.05) is 31.6 Å². The third-order valence-corrected chi connectivity index (χ3v) is 10.7. The van der Waals surface area contributed by atoms with E-state index in [2.05, 4.69) is 4.90 Å². The van der Waals surface area contributed by atoms with Gasteiger partial charge in [-0.15, -0.1) is 0 Å². The zero-order valence-corrected chi connectivity index (χ0v) is 29.3. The molecule has 15 heteroatoms. The average molecular weight is 745 g/mol. The summed E-state index contributed by atoms with van der Waals surface area (Å²) in [5, 5.41) is 7.63. The summed E-state index contributed by atoms with van der Waals surface area (Å²) >= 11 is 0. The van der Waals surface area contributed by atoms with Crippen LogP contribution < -0.4 is 10.0 Å². The number of hydrogen-bond donors (Lipinski definition) is 2. The number of hydrogen-bond acceptors (Lipinski definition) is 5. The molecule has 0 aliphatic heterocycles. The molecule has 5 aromatic rings. The van der Waals surface area contributed by atoms with Crippen LogP contribution in [0.5, 0.6) is 0 Å². The van der Waals surface area contributed by atoms with Crippen LogP contribution in [0.3, 0.4) is 0 Å². The van der Waals surface area contributed by atoms with Gasteiger partial charge in [0.25, 0.3) is 10.0 Å². The molecular formula is C37H38F6N6O2S. The van der Waals surface area contributed by atoms with Gasteiger partial charge in [-0.1, -0.05) is 56.3 Å². The Bertz CT molecular complexity index is 2100. The van der Waals surface area contributed by atoms with Crippen molar-refractivity contribution < 1.29 is 34.8 Å². The summed E-state index contributed by atoms with van der Waals surface area (Å²) in [6, 6.07) is 21.1. The van der Waals surface area contributed by atoms with E-state index in [0.29, 0.717) is 66.3 Å². The van der Waals surface area contributed by atoms with Gasteiger partial charge in [0.15, 0.2) is 0 Å². The van der Waals surface area contributed by atoms with E-state index in [4.69, 9.17) is 16.1 Å². The molecule has 0 fully saturated rings. The van der Waals surface area contributed by atoms with E-state index in [0.717, 1.165) is 5.56 Å². The highest BCUT2D eigenvalue weighted by molar-refractivity contribution is 7.92. The van der Waals surface area contributed by atoms with Gasteiger partial charge in [-0.25, -0.2) is 13.4 Å². The maximum atomic E-state index is 14.0. The minimum Gasteiger partial charge on any atom is -0.384 e. The number of anilines is 1. The molecule has 3 N–H and O–H groups in total. The Kier molecular flexibility index (Phi) is 11.3. The number of aromatic nitrogens is 2. The topological polar surface area (TPSA) is 108 Å². The van der Waals surface area contributed by atoms with Crippen LogP contribution in [-0.2, 0) is 41.8 Å². The molecule has 1 heterocycles. The van der Waals surface area contributed by atoms with Crippen molar-refractivity contribution in [2.45, 2.75) is 50.5 Å². The zero-order chi connectivity index (χ0) is 37.8. The van der Waals surface area contributed by atoms with E-state index in [1.165, 1.54) is 16.4 Å². The van der Waals surface area contributed by atoms with Crippen molar-refractivity contribution in [3.8, 4) is 0 Å². The monoisotopic (exact) mass is 744 g/mol. The molecule has 276 valence electrons. The van der Waals surface area contributed by atoms with Gasteiger partial charge in [-0.05, 0) is 79.2 Å².